The van der Waals surface area contributed by atoms with Crippen LogP contribution >= 0.6 is 0 Å². The molecule has 1 aliphatic rings. The van der Waals surface area contributed by atoms with Crippen molar-refractivity contribution in [2.24, 2.45) is 11.7 Å². The quantitative estimate of drug-likeness (QED) is 0.810. The molecular weight excluding hydrogens is 245 g/mol. The maximum atomic E-state index is 13.0. The second-order valence-electron chi connectivity index (χ2n) is 5.23. The van der Waals surface area contributed by atoms with Crippen LogP contribution < -0.4 is 11.5 Å². The first-order chi connectivity index (χ1) is 9.04. The largest absolute Gasteiger partial charge is 0.398 e. The summed E-state index contributed by atoms with van der Waals surface area (Å²) in [6.45, 7) is 2.58. The molecule has 1 aromatic rings. The van der Waals surface area contributed by atoms with Gasteiger partial charge in [0.25, 0.3) is 0 Å². The van der Waals surface area contributed by atoms with Crippen molar-refractivity contribution in [2.75, 3.05) is 18.8 Å². The predicted molar refractivity (Wildman–Crippen MR) is 72.6 cm³/mol. The highest BCUT2D eigenvalue weighted by atomic mass is 19.1. The highest BCUT2D eigenvalue weighted by Gasteiger charge is 2.21. The normalized spacial score (nSPS) is 17.5. The number of piperidine rings is 1. The Morgan fingerprint density at radius 2 is 2.05 bits per heavy atom. The van der Waals surface area contributed by atoms with Crippen LogP contribution in [0.2, 0.25) is 0 Å². The number of amides is 1. The Morgan fingerprint density at radius 1 is 1.37 bits per heavy atom. The Labute approximate surface area is 112 Å². The summed E-state index contributed by atoms with van der Waals surface area (Å²) in [6.07, 6.45) is 2.43. The van der Waals surface area contributed by atoms with Gasteiger partial charge in [0.1, 0.15) is 5.82 Å². The van der Waals surface area contributed by atoms with Crippen LogP contribution in [0.4, 0.5) is 10.1 Å². The minimum Gasteiger partial charge on any atom is -0.398 e. The lowest BCUT2D eigenvalue weighted by molar-refractivity contribution is -0.119. The van der Waals surface area contributed by atoms with Gasteiger partial charge in [0.15, 0.2) is 0 Å². The average molecular weight is 265 g/mol. The predicted octanol–water partition coefficient (Wildman–Crippen LogP) is 1.50. The summed E-state index contributed by atoms with van der Waals surface area (Å²) in [7, 11) is 0. The van der Waals surface area contributed by atoms with Gasteiger partial charge >= 0.3 is 0 Å². The van der Waals surface area contributed by atoms with E-state index in [4.69, 9.17) is 11.5 Å². The van der Waals surface area contributed by atoms with Gasteiger partial charge in [-0.3, -0.25) is 9.69 Å². The molecular formula is C14H20FN3O. The molecule has 0 aromatic heterocycles. The third-order valence-electron chi connectivity index (χ3n) is 3.70. The summed E-state index contributed by atoms with van der Waals surface area (Å²) < 4.78 is 13.0. The van der Waals surface area contributed by atoms with Gasteiger partial charge in [0, 0.05) is 18.7 Å². The Morgan fingerprint density at radius 3 is 2.63 bits per heavy atom. The van der Waals surface area contributed by atoms with E-state index >= 15 is 0 Å². The van der Waals surface area contributed by atoms with Crippen molar-refractivity contribution in [1.82, 2.24) is 4.90 Å². The van der Waals surface area contributed by atoms with Crippen molar-refractivity contribution >= 4 is 11.6 Å². The molecule has 1 heterocycles. The molecule has 0 aliphatic carbocycles. The molecule has 1 fully saturated rings. The van der Waals surface area contributed by atoms with Crippen LogP contribution in [0.5, 0.6) is 0 Å². The minimum absolute atomic E-state index is 0.221. The van der Waals surface area contributed by atoms with Crippen LogP contribution in [0.25, 0.3) is 0 Å². The average Bonchev–Trinajstić information content (AvgIpc) is 2.34. The number of likely N-dealkylation sites (tertiary alicyclic amines) is 1. The first-order valence-corrected chi connectivity index (χ1v) is 6.59. The maximum absolute atomic E-state index is 13.0. The molecule has 1 saturated heterocycles. The fourth-order valence-electron chi connectivity index (χ4n) is 2.58. The smallest absolute Gasteiger partial charge is 0.217 e. The van der Waals surface area contributed by atoms with Gasteiger partial charge in [-0.2, -0.15) is 0 Å². The number of primary amides is 1. The third kappa shape index (κ3) is 3.92. The van der Waals surface area contributed by atoms with E-state index in [1.165, 1.54) is 12.1 Å². The van der Waals surface area contributed by atoms with Gasteiger partial charge in [-0.15, -0.1) is 0 Å². The summed E-state index contributed by atoms with van der Waals surface area (Å²) in [5, 5.41) is 0. The second-order valence-corrected chi connectivity index (χ2v) is 5.23. The van der Waals surface area contributed by atoms with Gasteiger partial charge in [0.05, 0.1) is 0 Å². The first kappa shape index (κ1) is 13.8. The van der Waals surface area contributed by atoms with E-state index < -0.39 is 0 Å². The van der Waals surface area contributed by atoms with Gasteiger partial charge in [0.2, 0.25) is 5.91 Å². The summed E-state index contributed by atoms with van der Waals surface area (Å²) in [5.74, 6) is -0.123. The Balaban J connectivity index is 1.87. The molecule has 4 N–H and O–H groups in total. The van der Waals surface area contributed by atoms with Crippen molar-refractivity contribution in [3.63, 3.8) is 0 Å². The molecule has 0 unspecified atom stereocenters. The molecule has 0 radical (unpaired) electrons. The van der Waals surface area contributed by atoms with Gasteiger partial charge < -0.3 is 11.5 Å². The van der Waals surface area contributed by atoms with Gasteiger partial charge in [-0.25, -0.2) is 4.39 Å². The van der Waals surface area contributed by atoms with Crippen molar-refractivity contribution < 1.29 is 9.18 Å². The summed E-state index contributed by atoms with van der Waals surface area (Å²) in [6, 6.07) is 4.53. The lowest BCUT2D eigenvalue weighted by Gasteiger charge is -2.31. The molecule has 104 valence electrons. The number of halogens is 1. The molecule has 0 spiro atoms. The Bertz CT molecular complexity index is 456. The van der Waals surface area contributed by atoms with E-state index in [-0.39, 0.29) is 11.7 Å². The zero-order valence-corrected chi connectivity index (χ0v) is 10.9. The highest BCUT2D eigenvalue weighted by Crippen LogP contribution is 2.23. The first-order valence-electron chi connectivity index (χ1n) is 6.59. The van der Waals surface area contributed by atoms with Crippen LogP contribution in [0.3, 0.4) is 0 Å². The number of nitrogen functional groups attached to an aromatic ring is 1. The number of benzene rings is 1. The van der Waals surface area contributed by atoms with E-state index in [1.54, 1.807) is 6.07 Å². The fraction of sp³-hybridized carbons (Fsp3) is 0.500. The summed E-state index contributed by atoms with van der Waals surface area (Å²) in [5.41, 5.74) is 12.5. The highest BCUT2D eigenvalue weighted by molar-refractivity contribution is 5.73. The standard InChI is InChI=1S/C14H20FN3O/c15-12-2-1-11(13(16)8-12)9-18-5-3-10(4-6-18)7-14(17)19/h1-2,8,10H,3-7,9,16H2,(H2,17,19). The van der Waals surface area contributed by atoms with E-state index in [2.05, 4.69) is 4.90 Å². The lowest BCUT2D eigenvalue weighted by Crippen LogP contribution is -2.34. The monoisotopic (exact) mass is 265 g/mol. The number of nitrogens with zero attached hydrogens (tertiary/aromatic N) is 1. The molecule has 2 rings (SSSR count). The fourth-order valence-corrected chi connectivity index (χ4v) is 2.58. The Hall–Kier alpha value is -1.62. The molecule has 0 bridgehead atoms. The van der Waals surface area contributed by atoms with Crippen LogP contribution in [0.1, 0.15) is 24.8 Å². The van der Waals surface area contributed by atoms with Gasteiger partial charge in [-0.05, 0) is 49.5 Å². The SMILES string of the molecule is NC(=O)CC1CCN(Cc2ccc(F)cc2N)CC1. The maximum Gasteiger partial charge on any atom is 0.217 e. The van der Waals surface area contributed by atoms with Crippen LogP contribution in [-0.2, 0) is 11.3 Å². The van der Waals surface area contributed by atoms with E-state index in [9.17, 15) is 9.18 Å². The van der Waals surface area contributed by atoms with Crippen LogP contribution in [0.15, 0.2) is 18.2 Å². The zero-order valence-electron chi connectivity index (χ0n) is 10.9. The van der Waals surface area contributed by atoms with Crippen molar-refractivity contribution in [3.8, 4) is 0 Å². The molecule has 0 saturated carbocycles. The third-order valence-corrected chi connectivity index (χ3v) is 3.70. The van der Waals surface area contributed by atoms with Crippen molar-refractivity contribution in [2.45, 2.75) is 25.8 Å². The van der Waals surface area contributed by atoms with E-state index in [0.717, 1.165) is 38.0 Å². The number of rotatable bonds is 4. The number of anilines is 1. The topological polar surface area (TPSA) is 72.4 Å². The van der Waals surface area contributed by atoms with Crippen molar-refractivity contribution in [3.05, 3.63) is 29.6 Å². The number of nitrogens with two attached hydrogens (primary N) is 2. The minimum atomic E-state index is -0.304. The van der Waals surface area contributed by atoms with Crippen LogP contribution in [-0.4, -0.2) is 23.9 Å². The number of carbonyl (C=O) groups excluding carboxylic acids is 1. The lowest BCUT2D eigenvalue weighted by atomic mass is 9.93. The number of carbonyl (C=O) groups is 1. The molecule has 0 atom stereocenters. The van der Waals surface area contributed by atoms with Crippen LogP contribution in [0, 0.1) is 11.7 Å². The zero-order chi connectivity index (χ0) is 13.8. The van der Waals surface area contributed by atoms with Crippen molar-refractivity contribution in [1.29, 1.82) is 0 Å². The molecule has 5 heteroatoms. The van der Waals surface area contributed by atoms with E-state index in [0.29, 0.717) is 18.0 Å². The van der Waals surface area contributed by atoms with E-state index in [1.807, 2.05) is 0 Å². The summed E-state index contributed by atoms with van der Waals surface area (Å²) in [4.78, 5) is 13.2. The molecule has 1 aromatic carbocycles. The summed E-state index contributed by atoms with van der Waals surface area (Å²) >= 11 is 0. The molecule has 19 heavy (non-hydrogen) atoms. The molecule has 1 aliphatic heterocycles. The number of hydrogen-bond donors (Lipinski definition) is 2. The van der Waals surface area contributed by atoms with Gasteiger partial charge in [-0.1, -0.05) is 6.07 Å². The molecule has 4 nitrogen and oxygen atoms in total. The molecule has 1 amide bonds. The Kier molecular flexibility index (Phi) is 4.37. The second kappa shape index (κ2) is 6.02. The number of hydrogen-bond acceptors (Lipinski definition) is 3.